The third kappa shape index (κ3) is 2.44. The van der Waals surface area contributed by atoms with Crippen molar-refractivity contribution in [2.24, 2.45) is 0 Å². The minimum atomic E-state index is 0.0294. The first-order chi connectivity index (χ1) is 12.1. The molecule has 5 nitrogen and oxygen atoms in total. The van der Waals surface area contributed by atoms with Crippen molar-refractivity contribution in [3.8, 4) is 5.75 Å². The SMILES string of the molecule is O=C(c1ccn(C2CCCC2)n1)N1Cc2ccc(O)cc2C2(CC2)C1. The number of carbonyl (C=O) groups excluding carboxylic acids is 1. The number of phenols is 1. The second kappa shape index (κ2) is 5.35. The molecule has 2 aromatic rings. The highest BCUT2D eigenvalue weighted by molar-refractivity contribution is 5.92. The number of amides is 1. The number of hydrogen-bond donors (Lipinski definition) is 1. The number of aromatic nitrogens is 2. The van der Waals surface area contributed by atoms with Gasteiger partial charge in [0.15, 0.2) is 0 Å². The van der Waals surface area contributed by atoms with E-state index in [0.717, 1.165) is 24.9 Å². The second-order valence-corrected chi connectivity index (χ2v) is 7.90. The summed E-state index contributed by atoms with van der Waals surface area (Å²) in [4.78, 5) is 15.0. The Morgan fingerprint density at radius 2 is 2.00 bits per heavy atom. The van der Waals surface area contributed by atoms with Gasteiger partial charge in [-0.2, -0.15) is 5.10 Å². The molecule has 2 heterocycles. The van der Waals surface area contributed by atoms with Gasteiger partial charge in [-0.1, -0.05) is 18.9 Å². The summed E-state index contributed by atoms with van der Waals surface area (Å²) in [6.45, 7) is 1.34. The van der Waals surface area contributed by atoms with Crippen molar-refractivity contribution in [1.29, 1.82) is 0 Å². The molecule has 1 aliphatic heterocycles. The van der Waals surface area contributed by atoms with Gasteiger partial charge in [-0.25, -0.2) is 0 Å². The molecule has 0 radical (unpaired) electrons. The molecular weight excluding hydrogens is 314 g/mol. The van der Waals surface area contributed by atoms with Crippen LogP contribution in [0.2, 0.25) is 0 Å². The minimum Gasteiger partial charge on any atom is -0.508 e. The lowest BCUT2D eigenvalue weighted by molar-refractivity contribution is 0.0702. The Kier molecular flexibility index (Phi) is 3.21. The standard InChI is InChI=1S/C20H23N3O2/c24-16-6-5-14-12-22(13-20(8-9-20)17(14)11-16)19(25)18-7-10-23(21-18)15-3-1-2-4-15/h5-7,10-11,15,24H,1-4,8-9,12-13H2. The van der Waals surface area contributed by atoms with Gasteiger partial charge in [0.05, 0.1) is 6.04 Å². The topological polar surface area (TPSA) is 58.4 Å². The van der Waals surface area contributed by atoms with E-state index in [-0.39, 0.29) is 11.3 Å². The van der Waals surface area contributed by atoms with Crippen LogP contribution in [0.1, 0.15) is 66.2 Å². The Hall–Kier alpha value is -2.30. The van der Waals surface area contributed by atoms with Gasteiger partial charge in [-0.15, -0.1) is 0 Å². The fourth-order valence-corrected chi connectivity index (χ4v) is 4.62. The average Bonchev–Trinajstić information content (AvgIpc) is 3.06. The molecule has 2 fully saturated rings. The molecule has 5 rings (SSSR count). The summed E-state index contributed by atoms with van der Waals surface area (Å²) in [5.41, 5.74) is 3.00. The van der Waals surface area contributed by atoms with Crippen LogP contribution in [-0.4, -0.2) is 32.2 Å². The summed E-state index contributed by atoms with van der Waals surface area (Å²) in [6, 6.07) is 7.89. The summed E-state index contributed by atoms with van der Waals surface area (Å²) in [7, 11) is 0. The molecule has 1 amide bonds. The summed E-state index contributed by atoms with van der Waals surface area (Å²) in [6.07, 6.45) is 8.98. The molecule has 5 heteroatoms. The second-order valence-electron chi connectivity index (χ2n) is 7.90. The van der Waals surface area contributed by atoms with E-state index in [9.17, 15) is 9.90 Å². The molecule has 0 atom stereocenters. The van der Waals surface area contributed by atoms with Crippen LogP contribution in [0.3, 0.4) is 0 Å². The van der Waals surface area contributed by atoms with E-state index < -0.39 is 0 Å². The smallest absolute Gasteiger partial charge is 0.274 e. The summed E-state index contributed by atoms with van der Waals surface area (Å²) < 4.78 is 1.99. The first-order valence-corrected chi connectivity index (χ1v) is 9.31. The maximum Gasteiger partial charge on any atom is 0.274 e. The number of carbonyl (C=O) groups is 1. The van der Waals surface area contributed by atoms with Crippen LogP contribution in [-0.2, 0) is 12.0 Å². The number of phenolic OH excluding ortho intramolecular Hbond substituents is 1. The number of benzene rings is 1. The Labute approximate surface area is 147 Å². The lowest BCUT2D eigenvalue weighted by Crippen LogP contribution is -2.41. The van der Waals surface area contributed by atoms with Crippen LogP contribution in [0.15, 0.2) is 30.5 Å². The van der Waals surface area contributed by atoms with Gasteiger partial charge < -0.3 is 10.0 Å². The van der Waals surface area contributed by atoms with Gasteiger partial charge in [-0.3, -0.25) is 9.48 Å². The Morgan fingerprint density at radius 1 is 1.20 bits per heavy atom. The molecule has 25 heavy (non-hydrogen) atoms. The molecule has 1 N–H and O–H groups in total. The zero-order valence-electron chi connectivity index (χ0n) is 14.3. The van der Waals surface area contributed by atoms with Crippen LogP contribution in [0.4, 0.5) is 0 Å². The van der Waals surface area contributed by atoms with Crippen molar-refractivity contribution in [2.75, 3.05) is 6.54 Å². The number of fused-ring (bicyclic) bond motifs is 2. The number of aromatic hydroxyl groups is 1. The third-order valence-corrected chi connectivity index (χ3v) is 6.19. The van der Waals surface area contributed by atoms with E-state index in [2.05, 4.69) is 5.10 Å². The molecule has 1 spiro atoms. The largest absolute Gasteiger partial charge is 0.508 e. The van der Waals surface area contributed by atoms with Gasteiger partial charge in [0, 0.05) is 24.7 Å². The van der Waals surface area contributed by atoms with E-state index in [0.29, 0.717) is 24.0 Å². The summed E-state index contributed by atoms with van der Waals surface area (Å²) >= 11 is 0. The zero-order chi connectivity index (χ0) is 17.0. The first-order valence-electron chi connectivity index (χ1n) is 9.31. The van der Waals surface area contributed by atoms with Crippen molar-refractivity contribution in [2.45, 2.75) is 56.5 Å². The molecule has 3 aliphatic rings. The fourth-order valence-electron chi connectivity index (χ4n) is 4.62. The third-order valence-electron chi connectivity index (χ3n) is 6.19. The predicted molar refractivity (Wildman–Crippen MR) is 93.5 cm³/mol. The van der Waals surface area contributed by atoms with Crippen LogP contribution in [0.5, 0.6) is 5.75 Å². The minimum absolute atomic E-state index is 0.0294. The van der Waals surface area contributed by atoms with E-state index >= 15 is 0 Å². The summed E-state index contributed by atoms with van der Waals surface area (Å²) in [5.74, 6) is 0.349. The zero-order valence-corrected chi connectivity index (χ0v) is 14.3. The molecule has 2 saturated carbocycles. The quantitative estimate of drug-likeness (QED) is 0.914. The number of rotatable bonds is 2. The summed E-state index contributed by atoms with van der Waals surface area (Å²) in [5, 5.41) is 14.4. The van der Waals surface area contributed by atoms with Crippen LogP contribution >= 0.6 is 0 Å². The maximum atomic E-state index is 13.0. The van der Waals surface area contributed by atoms with Crippen LogP contribution in [0, 0.1) is 0 Å². The number of nitrogens with zero attached hydrogens (tertiary/aromatic N) is 3. The van der Waals surface area contributed by atoms with Gasteiger partial charge in [0.2, 0.25) is 0 Å². The number of hydrogen-bond acceptors (Lipinski definition) is 3. The van der Waals surface area contributed by atoms with E-state index in [1.54, 1.807) is 6.07 Å². The van der Waals surface area contributed by atoms with Crippen LogP contribution < -0.4 is 0 Å². The van der Waals surface area contributed by atoms with Gasteiger partial charge in [0.1, 0.15) is 11.4 Å². The van der Waals surface area contributed by atoms with Crippen molar-refractivity contribution >= 4 is 5.91 Å². The maximum absolute atomic E-state index is 13.0. The molecule has 2 aliphatic carbocycles. The van der Waals surface area contributed by atoms with Crippen molar-refractivity contribution in [1.82, 2.24) is 14.7 Å². The molecular formula is C20H23N3O2. The lowest BCUT2D eigenvalue weighted by atomic mass is 9.86. The lowest BCUT2D eigenvalue weighted by Gasteiger charge is -2.34. The van der Waals surface area contributed by atoms with E-state index in [1.807, 2.05) is 34.0 Å². The van der Waals surface area contributed by atoms with Gasteiger partial charge in [0.25, 0.3) is 5.91 Å². The highest BCUT2D eigenvalue weighted by Gasteiger charge is 2.50. The van der Waals surface area contributed by atoms with Crippen molar-refractivity contribution in [3.63, 3.8) is 0 Å². The Morgan fingerprint density at radius 3 is 2.76 bits per heavy atom. The van der Waals surface area contributed by atoms with Gasteiger partial charge in [-0.05, 0) is 55.0 Å². The molecule has 130 valence electrons. The molecule has 0 unspecified atom stereocenters. The fraction of sp³-hybridized carbons (Fsp3) is 0.500. The normalized spacial score (nSPS) is 21.5. The van der Waals surface area contributed by atoms with Gasteiger partial charge >= 0.3 is 0 Å². The van der Waals surface area contributed by atoms with E-state index in [4.69, 9.17) is 0 Å². The molecule has 1 aromatic heterocycles. The molecule has 0 bridgehead atoms. The average molecular weight is 337 g/mol. The highest BCUT2D eigenvalue weighted by Crippen LogP contribution is 2.53. The monoisotopic (exact) mass is 337 g/mol. The van der Waals surface area contributed by atoms with Crippen molar-refractivity contribution in [3.05, 3.63) is 47.3 Å². The Bertz CT molecular complexity index is 831. The first kappa shape index (κ1) is 15.0. The highest BCUT2D eigenvalue weighted by atomic mass is 16.3. The molecule has 0 saturated heterocycles. The van der Waals surface area contributed by atoms with Crippen LogP contribution in [0.25, 0.3) is 0 Å². The molecule has 1 aromatic carbocycles. The van der Waals surface area contributed by atoms with Crippen molar-refractivity contribution < 1.29 is 9.90 Å². The predicted octanol–water partition coefficient (Wildman–Crippen LogP) is 3.39. The Balaban J connectivity index is 1.40. The van der Waals surface area contributed by atoms with E-state index in [1.165, 1.54) is 31.2 Å².